The number of nitriles is 3. The zero-order valence-corrected chi connectivity index (χ0v) is 29.7. The zero-order valence-electron chi connectivity index (χ0n) is 29.7. The van der Waals surface area contributed by atoms with Crippen LogP contribution in [0, 0.1) is 34.0 Å². The van der Waals surface area contributed by atoms with Crippen LogP contribution >= 0.6 is 0 Å². The predicted molar refractivity (Wildman–Crippen MR) is 221 cm³/mol. The average molecular weight is 714 g/mol. The Bertz CT molecular complexity index is 3120. The van der Waals surface area contributed by atoms with Crippen LogP contribution < -0.4 is 0 Å². The second-order valence-corrected chi connectivity index (χ2v) is 13.6. The SMILES string of the molecule is N#Cc1cc(-n2c3ccccc3c3cc(C#N)ccc32)c(-c2nc(-c3ccccc3)cc(-c3ccccc3)n2)c(-n2c3ccccc3c3cc(C#N)ccc32)c1. The summed E-state index contributed by atoms with van der Waals surface area (Å²) < 4.78 is 4.32. The van der Waals surface area contributed by atoms with Crippen LogP contribution in [0.15, 0.2) is 164 Å². The van der Waals surface area contributed by atoms with E-state index >= 15 is 0 Å². The van der Waals surface area contributed by atoms with Crippen LogP contribution in [0.25, 0.3) is 88.9 Å². The summed E-state index contributed by atoms with van der Waals surface area (Å²) in [5, 5.41) is 34.3. The van der Waals surface area contributed by atoms with Gasteiger partial charge in [0, 0.05) is 32.7 Å². The quantitative estimate of drug-likeness (QED) is 0.176. The van der Waals surface area contributed by atoms with Gasteiger partial charge in [0.25, 0.3) is 0 Å². The molecule has 0 radical (unpaired) electrons. The van der Waals surface area contributed by atoms with E-state index in [1.54, 1.807) is 0 Å². The predicted octanol–water partition coefficient (Wildman–Crippen LogP) is 11.3. The van der Waals surface area contributed by atoms with Crippen LogP contribution in [0.4, 0.5) is 0 Å². The van der Waals surface area contributed by atoms with Gasteiger partial charge in [0.2, 0.25) is 0 Å². The van der Waals surface area contributed by atoms with Gasteiger partial charge in [-0.25, -0.2) is 9.97 Å². The maximum absolute atomic E-state index is 10.7. The van der Waals surface area contributed by atoms with Crippen molar-refractivity contribution in [3.05, 3.63) is 180 Å². The Kier molecular flexibility index (Phi) is 7.49. The van der Waals surface area contributed by atoms with Crippen molar-refractivity contribution in [2.45, 2.75) is 0 Å². The molecule has 10 rings (SSSR count). The number of aromatic nitrogens is 4. The van der Waals surface area contributed by atoms with Crippen LogP contribution in [-0.4, -0.2) is 19.1 Å². The van der Waals surface area contributed by atoms with E-state index in [1.165, 1.54) is 0 Å². The molecule has 7 heteroatoms. The van der Waals surface area contributed by atoms with Crippen molar-refractivity contribution in [2.24, 2.45) is 0 Å². The van der Waals surface area contributed by atoms with Crippen LogP contribution in [0.2, 0.25) is 0 Å². The van der Waals surface area contributed by atoms with Crippen molar-refractivity contribution < 1.29 is 0 Å². The first-order valence-electron chi connectivity index (χ1n) is 18.1. The summed E-state index contributed by atoms with van der Waals surface area (Å²) in [6.45, 7) is 0. The summed E-state index contributed by atoms with van der Waals surface area (Å²) in [7, 11) is 0. The van der Waals surface area contributed by atoms with Gasteiger partial charge in [0.15, 0.2) is 5.82 Å². The minimum Gasteiger partial charge on any atom is -0.308 e. The molecule has 7 aromatic carbocycles. The maximum atomic E-state index is 10.7. The van der Waals surface area contributed by atoms with Crippen LogP contribution in [0.1, 0.15) is 16.7 Å². The molecular formula is C49H27N7. The highest BCUT2D eigenvalue weighted by Gasteiger charge is 2.26. The van der Waals surface area contributed by atoms with Gasteiger partial charge in [-0.15, -0.1) is 0 Å². The first kappa shape index (κ1) is 32.3. The number of hydrogen-bond acceptors (Lipinski definition) is 5. The normalized spacial score (nSPS) is 11.2. The molecule has 10 aromatic rings. The molecule has 0 aliphatic carbocycles. The summed E-state index contributed by atoms with van der Waals surface area (Å²) in [6.07, 6.45) is 0. The van der Waals surface area contributed by atoms with Gasteiger partial charge in [-0.3, -0.25) is 0 Å². The molecule has 3 heterocycles. The molecule has 0 aliphatic rings. The van der Waals surface area contributed by atoms with Gasteiger partial charge in [0.05, 0.1) is 85.3 Å². The summed E-state index contributed by atoms with van der Waals surface area (Å²) in [5.74, 6) is 0.471. The Morgan fingerprint density at radius 2 is 0.786 bits per heavy atom. The van der Waals surface area contributed by atoms with Crippen molar-refractivity contribution in [1.29, 1.82) is 15.8 Å². The van der Waals surface area contributed by atoms with Gasteiger partial charge >= 0.3 is 0 Å². The second kappa shape index (κ2) is 13.0. The molecule has 258 valence electrons. The van der Waals surface area contributed by atoms with E-state index in [-0.39, 0.29) is 0 Å². The third-order valence-electron chi connectivity index (χ3n) is 10.4. The lowest BCUT2D eigenvalue weighted by atomic mass is 10.0. The smallest absolute Gasteiger partial charge is 0.164 e. The highest BCUT2D eigenvalue weighted by Crippen LogP contribution is 2.43. The highest BCUT2D eigenvalue weighted by molar-refractivity contribution is 6.12. The monoisotopic (exact) mass is 713 g/mol. The van der Waals surface area contributed by atoms with Crippen LogP contribution in [0.5, 0.6) is 0 Å². The van der Waals surface area contributed by atoms with Crippen molar-refractivity contribution in [3.8, 4) is 63.5 Å². The molecule has 7 nitrogen and oxygen atoms in total. The summed E-state index contributed by atoms with van der Waals surface area (Å²) in [5.41, 5.74) is 10.6. The Hall–Kier alpha value is -8.31. The lowest BCUT2D eigenvalue weighted by Gasteiger charge is -2.20. The van der Waals surface area contributed by atoms with Gasteiger partial charge in [-0.1, -0.05) is 97.1 Å². The largest absolute Gasteiger partial charge is 0.308 e. The van der Waals surface area contributed by atoms with E-state index in [9.17, 15) is 15.8 Å². The second-order valence-electron chi connectivity index (χ2n) is 13.6. The van der Waals surface area contributed by atoms with E-state index in [0.29, 0.717) is 39.5 Å². The fourth-order valence-corrected chi connectivity index (χ4v) is 7.93. The molecule has 0 bridgehead atoms. The van der Waals surface area contributed by atoms with E-state index in [1.807, 2.05) is 140 Å². The Labute approximate surface area is 321 Å². The summed E-state index contributed by atoms with van der Waals surface area (Å²) in [4.78, 5) is 10.7. The van der Waals surface area contributed by atoms with Crippen molar-refractivity contribution >= 4 is 43.6 Å². The Morgan fingerprint density at radius 3 is 1.23 bits per heavy atom. The number of fused-ring (bicyclic) bond motifs is 6. The van der Waals surface area contributed by atoms with Crippen LogP contribution in [-0.2, 0) is 0 Å². The van der Waals surface area contributed by atoms with Crippen molar-refractivity contribution in [1.82, 2.24) is 19.1 Å². The van der Waals surface area contributed by atoms with Gasteiger partial charge in [-0.2, -0.15) is 15.8 Å². The molecule has 0 amide bonds. The first-order valence-corrected chi connectivity index (χ1v) is 18.1. The molecule has 3 aromatic heterocycles. The number of nitrogens with zero attached hydrogens (tertiary/aromatic N) is 7. The molecule has 0 spiro atoms. The lowest BCUT2D eigenvalue weighted by Crippen LogP contribution is -2.07. The first-order chi connectivity index (χ1) is 27.6. The number of benzene rings is 7. The molecule has 0 N–H and O–H groups in total. The minimum absolute atomic E-state index is 0.445. The number of rotatable bonds is 5. The highest BCUT2D eigenvalue weighted by atomic mass is 15.0. The Morgan fingerprint density at radius 1 is 0.375 bits per heavy atom. The van der Waals surface area contributed by atoms with E-state index in [4.69, 9.17) is 9.97 Å². The van der Waals surface area contributed by atoms with Crippen molar-refractivity contribution in [3.63, 3.8) is 0 Å². The van der Waals surface area contributed by atoms with Crippen LogP contribution in [0.3, 0.4) is 0 Å². The van der Waals surface area contributed by atoms with E-state index in [2.05, 4.69) is 51.6 Å². The molecule has 56 heavy (non-hydrogen) atoms. The molecule has 0 unspecified atom stereocenters. The molecule has 0 atom stereocenters. The molecule has 0 saturated heterocycles. The van der Waals surface area contributed by atoms with Gasteiger partial charge in [-0.05, 0) is 66.7 Å². The number of para-hydroxylation sites is 2. The Balaban J connectivity index is 1.42. The third kappa shape index (κ3) is 5.11. The summed E-state index contributed by atoms with van der Waals surface area (Å²) >= 11 is 0. The number of hydrogen-bond donors (Lipinski definition) is 0. The van der Waals surface area contributed by atoms with E-state index < -0.39 is 0 Å². The summed E-state index contributed by atoms with van der Waals surface area (Å²) in [6, 6.07) is 60.7. The van der Waals surface area contributed by atoms with E-state index in [0.717, 1.165) is 66.1 Å². The lowest BCUT2D eigenvalue weighted by molar-refractivity contribution is 1.10. The topological polar surface area (TPSA) is 107 Å². The molecule has 0 saturated carbocycles. The maximum Gasteiger partial charge on any atom is 0.164 e. The molecule has 0 aliphatic heterocycles. The fraction of sp³-hybridized carbons (Fsp3) is 0. The minimum atomic E-state index is 0.445. The zero-order chi connectivity index (χ0) is 37.8. The fourth-order valence-electron chi connectivity index (χ4n) is 7.93. The standard InChI is InChI=1S/C49H27N7/c50-28-31-19-21-44-38(23-31)36-15-7-9-17-42(36)55(44)46-25-33(30-52)26-47(56-43-18-10-8-16-37(43)39-24-32(29-51)20-22-45(39)56)48(46)49-53-40(34-11-3-1-4-12-34)27-41(54-49)35-13-5-2-6-14-35/h1-27H. The molecular weight excluding hydrogens is 687 g/mol. The molecule has 0 fully saturated rings. The van der Waals surface area contributed by atoms with Gasteiger partial charge in [0.1, 0.15) is 0 Å². The average Bonchev–Trinajstić information content (AvgIpc) is 3.78. The van der Waals surface area contributed by atoms with Gasteiger partial charge < -0.3 is 9.13 Å². The van der Waals surface area contributed by atoms with Crippen molar-refractivity contribution in [2.75, 3.05) is 0 Å². The third-order valence-corrected chi connectivity index (χ3v) is 10.4.